The van der Waals surface area contributed by atoms with Crippen molar-refractivity contribution in [2.75, 3.05) is 19.7 Å². The summed E-state index contributed by atoms with van der Waals surface area (Å²) in [7, 11) is 0. The van der Waals surface area contributed by atoms with Crippen molar-refractivity contribution in [3.8, 4) is 0 Å². The molecule has 1 fully saturated rings. The Kier molecular flexibility index (Phi) is 3.14. The molecular weight excluding hydrogens is 212 g/mol. The third-order valence-corrected chi connectivity index (χ3v) is 3.69. The summed E-state index contributed by atoms with van der Waals surface area (Å²) in [6, 6.07) is 0. The van der Waals surface area contributed by atoms with Crippen LogP contribution < -0.4 is 5.32 Å². The Balaban J connectivity index is 2.21. The molecule has 1 saturated heterocycles. The van der Waals surface area contributed by atoms with Crippen LogP contribution in [-0.4, -0.2) is 30.5 Å². The average molecular weight is 226 g/mol. The van der Waals surface area contributed by atoms with E-state index in [4.69, 9.17) is 4.74 Å². The molecule has 0 aliphatic carbocycles. The molecule has 0 radical (unpaired) electrons. The lowest BCUT2D eigenvalue weighted by molar-refractivity contribution is 0.0275. The Morgan fingerprint density at radius 2 is 2.47 bits per heavy atom. The number of morpholine rings is 1. The zero-order valence-electron chi connectivity index (χ0n) is 8.87. The van der Waals surface area contributed by atoms with E-state index in [-0.39, 0.29) is 11.9 Å². The Morgan fingerprint density at radius 1 is 1.67 bits per heavy atom. The van der Waals surface area contributed by atoms with Crippen LogP contribution in [0.15, 0.2) is 0 Å². The fourth-order valence-electron chi connectivity index (χ4n) is 1.61. The van der Waals surface area contributed by atoms with Gasteiger partial charge in [0.15, 0.2) is 5.78 Å². The second kappa shape index (κ2) is 4.38. The molecule has 4 nitrogen and oxygen atoms in total. The number of Topliss-reactive ketones (excluding diaryl/α,β-unsaturated/α-hetero) is 1. The van der Waals surface area contributed by atoms with Crippen molar-refractivity contribution in [3.63, 3.8) is 0 Å². The third kappa shape index (κ3) is 2.25. The molecule has 0 bridgehead atoms. The minimum Gasteiger partial charge on any atom is -0.368 e. The van der Waals surface area contributed by atoms with Gasteiger partial charge < -0.3 is 10.1 Å². The first kappa shape index (κ1) is 10.7. The van der Waals surface area contributed by atoms with E-state index in [1.54, 1.807) is 6.92 Å². The zero-order chi connectivity index (χ0) is 10.8. The lowest BCUT2D eigenvalue weighted by atomic mass is 10.3. The van der Waals surface area contributed by atoms with Gasteiger partial charge in [-0.15, -0.1) is 11.3 Å². The topological polar surface area (TPSA) is 51.2 Å². The quantitative estimate of drug-likeness (QED) is 0.773. The maximum absolute atomic E-state index is 11.3. The SMILES string of the molecule is CC(=O)c1sc(C2CNCCO2)nc1C. The number of aryl methyl sites for hydroxylation is 1. The highest BCUT2D eigenvalue weighted by molar-refractivity contribution is 7.13. The number of thiazole rings is 1. The molecule has 0 amide bonds. The van der Waals surface area contributed by atoms with E-state index in [0.717, 1.165) is 28.7 Å². The molecule has 1 N–H and O–H groups in total. The summed E-state index contributed by atoms with van der Waals surface area (Å²) in [5.41, 5.74) is 0.816. The highest BCUT2D eigenvalue weighted by Gasteiger charge is 2.21. The van der Waals surface area contributed by atoms with Gasteiger partial charge in [-0.2, -0.15) is 0 Å². The van der Waals surface area contributed by atoms with Gasteiger partial charge >= 0.3 is 0 Å². The molecule has 2 heterocycles. The van der Waals surface area contributed by atoms with Crippen molar-refractivity contribution in [1.82, 2.24) is 10.3 Å². The van der Waals surface area contributed by atoms with E-state index in [0.29, 0.717) is 6.61 Å². The first-order valence-electron chi connectivity index (χ1n) is 4.99. The first-order chi connectivity index (χ1) is 7.18. The maximum atomic E-state index is 11.3. The minimum absolute atomic E-state index is 0.00977. The number of nitrogens with zero attached hydrogens (tertiary/aromatic N) is 1. The molecule has 0 spiro atoms. The summed E-state index contributed by atoms with van der Waals surface area (Å²) >= 11 is 1.45. The van der Waals surface area contributed by atoms with Crippen molar-refractivity contribution >= 4 is 17.1 Å². The van der Waals surface area contributed by atoms with E-state index < -0.39 is 0 Å². The van der Waals surface area contributed by atoms with Crippen LogP contribution in [0.1, 0.15) is 33.4 Å². The number of ether oxygens (including phenoxy) is 1. The predicted molar refractivity (Wildman–Crippen MR) is 58.4 cm³/mol. The Labute approximate surface area is 92.7 Å². The third-order valence-electron chi connectivity index (χ3n) is 2.34. The summed E-state index contributed by atoms with van der Waals surface area (Å²) in [6.45, 7) is 5.82. The lowest BCUT2D eigenvalue weighted by Gasteiger charge is -2.21. The van der Waals surface area contributed by atoms with Crippen LogP contribution >= 0.6 is 11.3 Å². The first-order valence-corrected chi connectivity index (χ1v) is 5.80. The highest BCUT2D eigenvalue weighted by Crippen LogP contribution is 2.26. The number of nitrogens with one attached hydrogen (secondary N) is 1. The average Bonchev–Trinajstić information content (AvgIpc) is 2.62. The second-order valence-electron chi connectivity index (χ2n) is 3.59. The monoisotopic (exact) mass is 226 g/mol. The summed E-state index contributed by atoms with van der Waals surface area (Å²) in [5, 5.41) is 4.16. The molecule has 1 atom stereocenters. The van der Waals surface area contributed by atoms with Crippen LogP contribution in [0.5, 0.6) is 0 Å². The number of rotatable bonds is 2. The molecule has 0 saturated carbocycles. The van der Waals surface area contributed by atoms with Gasteiger partial charge in [0.2, 0.25) is 0 Å². The van der Waals surface area contributed by atoms with Gasteiger partial charge in [0.1, 0.15) is 11.1 Å². The molecule has 1 unspecified atom stereocenters. The van der Waals surface area contributed by atoms with Crippen molar-refractivity contribution in [3.05, 3.63) is 15.6 Å². The van der Waals surface area contributed by atoms with Crippen molar-refractivity contribution < 1.29 is 9.53 Å². The molecule has 1 aromatic heterocycles. The summed E-state index contributed by atoms with van der Waals surface area (Å²) in [5.74, 6) is 0.0834. The molecular formula is C10H14N2O2S. The number of hydrogen-bond acceptors (Lipinski definition) is 5. The summed E-state index contributed by atoms with van der Waals surface area (Å²) in [6.07, 6.45) is 0.00977. The van der Waals surface area contributed by atoms with Gasteiger partial charge in [-0.1, -0.05) is 0 Å². The summed E-state index contributed by atoms with van der Waals surface area (Å²) < 4.78 is 5.59. The number of aromatic nitrogens is 1. The second-order valence-corrected chi connectivity index (χ2v) is 4.62. The molecule has 1 aliphatic heterocycles. The standard InChI is InChI=1S/C10H14N2O2S/c1-6-9(7(2)13)15-10(12-6)8-5-11-3-4-14-8/h8,11H,3-5H2,1-2H3. The normalized spacial score (nSPS) is 21.6. The largest absolute Gasteiger partial charge is 0.368 e. The Hall–Kier alpha value is -0.780. The van der Waals surface area contributed by atoms with Gasteiger partial charge in [0.25, 0.3) is 0 Å². The minimum atomic E-state index is 0.00977. The predicted octanol–water partition coefficient (Wildman–Crippen LogP) is 1.32. The maximum Gasteiger partial charge on any atom is 0.171 e. The number of carbonyl (C=O) groups is 1. The fraction of sp³-hybridized carbons (Fsp3) is 0.600. The van der Waals surface area contributed by atoms with E-state index in [1.165, 1.54) is 11.3 Å². The molecule has 1 aromatic rings. The van der Waals surface area contributed by atoms with Crippen LogP contribution in [0.25, 0.3) is 0 Å². The van der Waals surface area contributed by atoms with E-state index >= 15 is 0 Å². The molecule has 0 aromatic carbocycles. The van der Waals surface area contributed by atoms with Crippen molar-refractivity contribution in [1.29, 1.82) is 0 Å². The molecule has 15 heavy (non-hydrogen) atoms. The van der Waals surface area contributed by atoms with Crippen LogP contribution in [0.4, 0.5) is 0 Å². The number of carbonyl (C=O) groups excluding carboxylic acids is 1. The zero-order valence-corrected chi connectivity index (χ0v) is 9.69. The van der Waals surface area contributed by atoms with E-state index in [1.807, 2.05) is 6.92 Å². The molecule has 82 valence electrons. The lowest BCUT2D eigenvalue weighted by Crippen LogP contribution is -2.33. The van der Waals surface area contributed by atoms with Gasteiger partial charge in [-0.3, -0.25) is 4.79 Å². The molecule has 5 heteroatoms. The fourth-order valence-corrected chi connectivity index (χ4v) is 2.62. The van der Waals surface area contributed by atoms with Crippen molar-refractivity contribution in [2.24, 2.45) is 0 Å². The summed E-state index contributed by atoms with van der Waals surface area (Å²) in [4.78, 5) is 16.4. The highest BCUT2D eigenvalue weighted by atomic mass is 32.1. The van der Waals surface area contributed by atoms with Crippen LogP contribution in [0.2, 0.25) is 0 Å². The van der Waals surface area contributed by atoms with Gasteiger partial charge in [0, 0.05) is 20.0 Å². The van der Waals surface area contributed by atoms with Gasteiger partial charge in [0.05, 0.1) is 17.2 Å². The number of hydrogen-bond donors (Lipinski definition) is 1. The van der Waals surface area contributed by atoms with E-state index in [9.17, 15) is 4.79 Å². The van der Waals surface area contributed by atoms with Crippen LogP contribution in [0, 0.1) is 6.92 Å². The number of ketones is 1. The van der Waals surface area contributed by atoms with Gasteiger partial charge in [-0.25, -0.2) is 4.98 Å². The van der Waals surface area contributed by atoms with E-state index in [2.05, 4.69) is 10.3 Å². The Bertz CT molecular complexity index is 369. The van der Waals surface area contributed by atoms with Crippen molar-refractivity contribution in [2.45, 2.75) is 20.0 Å². The molecule has 2 rings (SSSR count). The van der Waals surface area contributed by atoms with Gasteiger partial charge in [-0.05, 0) is 6.92 Å². The van der Waals surface area contributed by atoms with Crippen LogP contribution in [-0.2, 0) is 4.74 Å². The molecule has 1 aliphatic rings. The van der Waals surface area contributed by atoms with Crippen LogP contribution in [0.3, 0.4) is 0 Å². The Morgan fingerprint density at radius 3 is 3.00 bits per heavy atom. The smallest absolute Gasteiger partial charge is 0.171 e.